The molecule has 1 heterocycles. The van der Waals surface area contributed by atoms with Gasteiger partial charge in [-0.2, -0.15) is 0 Å². The second kappa shape index (κ2) is 5.96. The Bertz CT molecular complexity index is 405. The van der Waals surface area contributed by atoms with E-state index in [4.69, 9.17) is 0 Å². The molecule has 1 saturated heterocycles. The predicted octanol–water partition coefficient (Wildman–Crippen LogP) is 2.64. The van der Waals surface area contributed by atoms with Gasteiger partial charge in [-0.1, -0.05) is 6.42 Å². The van der Waals surface area contributed by atoms with Crippen LogP contribution in [-0.2, 0) is 4.79 Å². The fourth-order valence-electron chi connectivity index (χ4n) is 2.31. The van der Waals surface area contributed by atoms with Crippen LogP contribution in [0.5, 0.6) is 0 Å². The van der Waals surface area contributed by atoms with Crippen molar-refractivity contribution in [3.05, 3.63) is 30.1 Å². The quantitative estimate of drug-likeness (QED) is 0.894. The topological polar surface area (TPSA) is 32.3 Å². The molecule has 0 spiro atoms. The van der Waals surface area contributed by atoms with Crippen molar-refractivity contribution in [3.63, 3.8) is 0 Å². The molecule has 0 aliphatic carbocycles. The number of likely N-dealkylation sites (tertiary alicyclic amines) is 1. The molecule has 18 heavy (non-hydrogen) atoms. The molecular formula is C14H19FN2O. The third kappa shape index (κ3) is 3.53. The van der Waals surface area contributed by atoms with Crippen molar-refractivity contribution in [2.24, 2.45) is 0 Å². The van der Waals surface area contributed by atoms with Crippen molar-refractivity contribution < 1.29 is 9.18 Å². The number of hydrogen-bond acceptors (Lipinski definition) is 2. The first kappa shape index (κ1) is 13.0. The summed E-state index contributed by atoms with van der Waals surface area (Å²) in [6.45, 7) is 3.56. The molecule has 1 aromatic carbocycles. The van der Waals surface area contributed by atoms with Crippen LogP contribution in [0.2, 0.25) is 0 Å². The summed E-state index contributed by atoms with van der Waals surface area (Å²) in [4.78, 5) is 14.1. The van der Waals surface area contributed by atoms with Crippen molar-refractivity contribution in [2.75, 3.05) is 18.4 Å². The Labute approximate surface area is 107 Å². The van der Waals surface area contributed by atoms with E-state index >= 15 is 0 Å². The highest BCUT2D eigenvalue weighted by Gasteiger charge is 2.20. The standard InChI is InChI=1S/C14H19FN2O/c1-11-4-2-3-9-17(11)10-14(18)16-13-7-5-12(15)6-8-13/h5-8,11H,2-4,9-10H2,1H3,(H,16,18)/t11-/m0/s1. The molecule has 2 rings (SSSR count). The molecule has 1 N–H and O–H groups in total. The Hall–Kier alpha value is -1.42. The normalized spacial score (nSPS) is 20.7. The molecule has 1 amide bonds. The summed E-state index contributed by atoms with van der Waals surface area (Å²) in [5, 5.41) is 2.79. The molecule has 1 aliphatic rings. The van der Waals surface area contributed by atoms with Crippen LogP contribution in [0.1, 0.15) is 26.2 Å². The average molecular weight is 250 g/mol. The SMILES string of the molecule is C[C@H]1CCCCN1CC(=O)Nc1ccc(F)cc1. The van der Waals surface area contributed by atoms with Gasteiger partial charge in [-0.05, 0) is 50.6 Å². The van der Waals surface area contributed by atoms with Crippen LogP contribution >= 0.6 is 0 Å². The largest absolute Gasteiger partial charge is 0.325 e. The lowest BCUT2D eigenvalue weighted by Crippen LogP contribution is -2.42. The molecule has 0 radical (unpaired) electrons. The predicted molar refractivity (Wildman–Crippen MR) is 69.9 cm³/mol. The highest BCUT2D eigenvalue weighted by atomic mass is 19.1. The van der Waals surface area contributed by atoms with Crippen LogP contribution in [0.15, 0.2) is 24.3 Å². The Morgan fingerprint density at radius 3 is 2.78 bits per heavy atom. The molecule has 1 fully saturated rings. The van der Waals surface area contributed by atoms with Crippen LogP contribution in [0, 0.1) is 5.82 Å². The molecule has 4 heteroatoms. The van der Waals surface area contributed by atoms with Crippen LogP contribution in [0.3, 0.4) is 0 Å². The van der Waals surface area contributed by atoms with Gasteiger partial charge in [0.15, 0.2) is 0 Å². The molecule has 1 aromatic rings. The fourth-order valence-corrected chi connectivity index (χ4v) is 2.31. The second-order valence-corrected chi connectivity index (χ2v) is 4.87. The fraction of sp³-hybridized carbons (Fsp3) is 0.500. The van der Waals surface area contributed by atoms with Crippen molar-refractivity contribution in [2.45, 2.75) is 32.2 Å². The molecule has 0 unspecified atom stereocenters. The minimum atomic E-state index is -0.294. The zero-order valence-corrected chi connectivity index (χ0v) is 10.7. The van der Waals surface area contributed by atoms with Gasteiger partial charge in [0.1, 0.15) is 5.82 Å². The summed E-state index contributed by atoms with van der Waals surface area (Å²) < 4.78 is 12.7. The first-order chi connectivity index (χ1) is 8.65. The maximum absolute atomic E-state index is 12.7. The zero-order valence-electron chi connectivity index (χ0n) is 10.7. The van der Waals surface area contributed by atoms with E-state index in [0.29, 0.717) is 18.3 Å². The Balaban J connectivity index is 1.86. The van der Waals surface area contributed by atoms with Gasteiger partial charge in [-0.15, -0.1) is 0 Å². The average Bonchev–Trinajstić information content (AvgIpc) is 2.35. The van der Waals surface area contributed by atoms with E-state index < -0.39 is 0 Å². The number of hydrogen-bond donors (Lipinski definition) is 1. The molecule has 1 aliphatic heterocycles. The van der Waals surface area contributed by atoms with E-state index in [0.717, 1.165) is 19.4 Å². The number of anilines is 1. The van der Waals surface area contributed by atoms with Gasteiger partial charge in [0, 0.05) is 11.7 Å². The molecule has 1 atom stereocenters. The molecule has 0 saturated carbocycles. The van der Waals surface area contributed by atoms with Gasteiger partial charge in [-0.25, -0.2) is 4.39 Å². The van der Waals surface area contributed by atoms with Gasteiger partial charge in [-0.3, -0.25) is 9.69 Å². The van der Waals surface area contributed by atoms with E-state index in [9.17, 15) is 9.18 Å². The van der Waals surface area contributed by atoms with E-state index in [1.54, 1.807) is 12.1 Å². The Morgan fingerprint density at radius 2 is 2.11 bits per heavy atom. The third-order valence-corrected chi connectivity index (χ3v) is 3.42. The number of amides is 1. The van der Waals surface area contributed by atoms with E-state index in [2.05, 4.69) is 17.1 Å². The monoisotopic (exact) mass is 250 g/mol. The van der Waals surface area contributed by atoms with Gasteiger partial charge in [0.05, 0.1) is 6.54 Å². The minimum Gasteiger partial charge on any atom is -0.325 e. The van der Waals surface area contributed by atoms with Crippen LogP contribution in [0.25, 0.3) is 0 Å². The van der Waals surface area contributed by atoms with Gasteiger partial charge >= 0.3 is 0 Å². The van der Waals surface area contributed by atoms with Crippen molar-refractivity contribution in [1.82, 2.24) is 4.90 Å². The first-order valence-corrected chi connectivity index (χ1v) is 6.44. The van der Waals surface area contributed by atoms with E-state index in [-0.39, 0.29) is 11.7 Å². The Kier molecular flexibility index (Phi) is 4.31. The van der Waals surface area contributed by atoms with Gasteiger partial charge < -0.3 is 5.32 Å². The summed E-state index contributed by atoms with van der Waals surface area (Å²) in [7, 11) is 0. The highest BCUT2D eigenvalue weighted by Crippen LogP contribution is 2.16. The van der Waals surface area contributed by atoms with Crippen molar-refractivity contribution in [1.29, 1.82) is 0 Å². The number of carbonyl (C=O) groups excluding carboxylic acids is 1. The summed E-state index contributed by atoms with van der Waals surface area (Å²) in [5.41, 5.74) is 0.645. The van der Waals surface area contributed by atoms with E-state index in [1.165, 1.54) is 18.6 Å². The second-order valence-electron chi connectivity index (χ2n) is 4.87. The van der Waals surface area contributed by atoms with Crippen molar-refractivity contribution in [3.8, 4) is 0 Å². The molecular weight excluding hydrogens is 231 g/mol. The lowest BCUT2D eigenvalue weighted by atomic mass is 10.0. The molecule has 98 valence electrons. The van der Waals surface area contributed by atoms with Crippen LogP contribution in [0.4, 0.5) is 10.1 Å². The number of nitrogens with zero attached hydrogens (tertiary/aromatic N) is 1. The van der Waals surface area contributed by atoms with Crippen LogP contribution in [-0.4, -0.2) is 29.9 Å². The maximum atomic E-state index is 12.7. The molecule has 0 bridgehead atoms. The van der Waals surface area contributed by atoms with Crippen molar-refractivity contribution >= 4 is 11.6 Å². The minimum absolute atomic E-state index is 0.0321. The summed E-state index contributed by atoms with van der Waals surface area (Å²) in [6.07, 6.45) is 3.56. The zero-order chi connectivity index (χ0) is 13.0. The number of piperidine rings is 1. The lowest BCUT2D eigenvalue weighted by molar-refractivity contribution is -0.118. The number of carbonyl (C=O) groups is 1. The molecule has 3 nitrogen and oxygen atoms in total. The number of benzene rings is 1. The maximum Gasteiger partial charge on any atom is 0.238 e. The van der Waals surface area contributed by atoms with Gasteiger partial charge in [0.25, 0.3) is 0 Å². The lowest BCUT2D eigenvalue weighted by Gasteiger charge is -2.32. The smallest absolute Gasteiger partial charge is 0.238 e. The first-order valence-electron chi connectivity index (χ1n) is 6.44. The van der Waals surface area contributed by atoms with Crippen LogP contribution < -0.4 is 5.32 Å². The van der Waals surface area contributed by atoms with Gasteiger partial charge in [0.2, 0.25) is 5.91 Å². The summed E-state index contributed by atoms with van der Waals surface area (Å²) in [5.74, 6) is -0.326. The third-order valence-electron chi connectivity index (χ3n) is 3.42. The number of halogens is 1. The molecule has 0 aromatic heterocycles. The summed E-state index contributed by atoms with van der Waals surface area (Å²) in [6, 6.07) is 6.32. The Morgan fingerprint density at radius 1 is 1.39 bits per heavy atom. The summed E-state index contributed by atoms with van der Waals surface area (Å²) >= 11 is 0. The number of rotatable bonds is 3. The van der Waals surface area contributed by atoms with E-state index in [1.807, 2.05) is 0 Å². The highest BCUT2D eigenvalue weighted by molar-refractivity contribution is 5.92. The number of nitrogens with one attached hydrogen (secondary N) is 1.